The van der Waals surface area contributed by atoms with E-state index < -0.39 is 0 Å². The van der Waals surface area contributed by atoms with Gasteiger partial charge in [-0.2, -0.15) is 0 Å². The van der Waals surface area contributed by atoms with Crippen LogP contribution in [-0.4, -0.2) is 25.0 Å². The van der Waals surface area contributed by atoms with Crippen LogP contribution in [0.1, 0.15) is 23.4 Å². The lowest BCUT2D eigenvalue weighted by atomic mass is 10.1. The molecule has 106 valence electrons. The van der Waals surface area contributed by atoms with Gasteiger partial charge in [0, 0.05) is 17.5 Å². The molecule has 0 spiro atoms. The lowest BCUT2D eigenvalue weighted by Gasteiger charge is -2.24. The van der Waals surface area contributed by atoms with Gasteiger partial charge < -0.3 is 9.64 Å². The van der Waals surface area contributed by atoms with Crippen molar-refractivity contribution in [2.24, 2.45) is 0 Å². The number of thiophene rings is 1. The molecule has 0 N–H and O–H groups in total. The molecule has 1 aromatic heterocycles. The highest BCUT2D eigenvalue weighted by molar-refractivity contribution is 7.10. The number of nitrogens with zero attached hydrogens (tertiary/aromatic N) is 1. The van der Waals surface area contributed by atoms with E-state index >= 15 is 0 Å². The maximum absolute atomic E-state index is 12.4. The van der Waals surface area contributed by atoms with E-state index in [4.69, 9.17) is 4.74 Å². The van der Waals surface area contributed by atoms with Gasteiger partial charge in [0.15, 0.2) is 0 Å². The molecule has 20 heavy (non-hydrogen) atoms. The van der Waals surface area contributed by atoms with Crippen molar-refractivity contribution in [3.8, 4) is 5.75 Å². The first-order valence-corrected chi connectivity index (χ1v) is 7.42. The zero-order valence-electron chi connectivity index (χ0n) is 12.0. The number of para-hydroxylation sites is 1. The van der Waals surface area contributed by atoms with Crippen LogP contribution in [0.5, 0.6) is 5.75 Å². The molecule has 1 amide bonds. The van der Waals surface area contributed by atoms with E-state index in [0.717, 1.165) is 11.3 Å². The molecule has 1 atom stereocenters. The zero-order valence-corrected chi connectivity index (χ0v) is 12.8. The fourth-order valence-corrected chi connectivity index (χ4v) is 2.90. The van der Waals surface area contributed by atoms with E-state index in [-0.39, 0.29) is 11.9 Å². The Labute approximate surface area is 123 Å². The van der Waals surface area contributed by atoms with Crippen LogP contribution in [0.4, 0.5) is 0 Å². The fourth-order valence-electron chi connectivity index (χ4n) is 2.07. The summed E-state index contributed by atoms with van der Waals surface area (Å²) in [4.78, 5) is 15.4. The molecule has 0 aliphatic heterocycles. The number of methoxy groups -OCH3 is 1. The van der Waals surface area contributed by atoms with Gasteiger partial charge in [-0.15, -0.1) is 11.3 Å². The van der Waals surface area contributed by atoms with Crippen LogP contribution in [0.15, 0.2) is 41.8 Å². The molecule has 0 saturated heterocycles. The Morgan fingerprint density at radius 3 is 2.70 bits per heavy atom. The Balaban J connectivity index is 2.08. The van der Waals surface area contributed by atoms with Crippen LogP contribution in [-0.2, 0) is 11.2 Å². The van der Waals surface area contributed by atoms with Gasteiger partial charge in [0.1, 0.15) is 5.75 Å². The first-order valence-electron chi connectivity index (χ1n) is 6.54. The second kappa shape index (κ2) is 6.57. The highest BCUT2D eigenvalue weighted by Gasteiger charge is 2.19. The number of hydrogen-bond donors (Lipinski definition) is 0. The average Bonchev–Trinajstić information content (AvgIpc) is 3.00. The van der Waals surface area contributed by atoms with E-state index in [9.17, 15) is 4.79 Å². The molecule has 1 heterocycles. The summed E-state index contributed by atoms with van der Waals surface area (Å²) in [6.07, 6.45) is 0.357. The van der Waals surface area contributed by atoms with Crippen LogP contribution in [0, 0.1) is 0 Å². The van der Waals surface area contributed by atoms with E-state index in [2.05, 4.69) is 6.07 Å². The van der Waals surface area contributed by atoms with Gasteiger partial charge in [-0.25, -0.2) is 0 Å². The lowest BCUT2D eigenvalue weighted by molar-refractivity contribution is -0.131. The molecule has 1 unspecified atom stereocenters. The number of carbonyl (C=O) groups is 1. The topological polar surface area (TPSA) is 29.5 Å². The van der Waals surface area contributed by atoms with Crippen molar-refractivity contribution in [2.75, 3.05) is 14.2 Å². The Kier molecular flexibility index (Phi) is 4.79. The molecule has 0 saturated carbocycles. The van der Waals surface area contributed by atoms with Crippen molar-refractivity contribution in [1.82, 2.24) is 4.90 Å². The van der Waals surface area contributed by atoms with Crippen molar-refractivity contribution in [2.45, 2.75) is 19.4 Å². The van der Waals surface area contributed by atoms with E-state index in [1.54, 1.807) is 23.3 Å². The number of rotatable bonds is 5. The van der Waals surface area contributed by atoms with Crippen molar-refractivity contribution < 1.29 is 9.53 Å². The summed E-state index contributed by atoms with van der Waals surface area (Å²) < 4.78 is 5.29. The monoisotopic (exact) mass is 289 g/mol. The molecule has 4 heteroatoms. The van der Waals surface area contributed by atoms with Gasteiger partial charge in [-0.3, -0.25) is 4.79 Å². The number of benzene rings is 1. The van der Waals surface area contributed by atoms with Gasteiger partial charge in [-0.05, 0) is 24.4 Å². The molecule has 0 aliphatic rings. The Bertz CT molecular complexity index is 566. The van der Waals surface area contributed by atoms with Crippen LogP contribution < -0.4 is 4.74 Å². The zero-order chi connectivity index (χ0) is 14.5. The Morgan fingerprint density at radius 1 is 1.30 bits per heavy atom. The Morgan fingerprint density at radius 2 is 2.05 bits per heavy atom. The normalized spacial score (nSPS) is 11.9. The first kappa shape index (κ1) is 14.6. The fraction of sp³-hybridized carbons (Fsp3) is 0.312. The highest BCUT2D eigenvalue weighted by Crippen LogP contribution is 2.25. The minimum atomic E-state index is 0.0930. The smallest absolute Gasteiger partial charge is 0.227 e. The summed E-state index contributed by atoms with van der Waals surface area (Å²) in [6.45, 7) is 2.05. The maximum atomic E-state index is 12.4. The van der Waals surface area contributed by atoms with Gasteiger partial charge in [0.2, 0.25) is 5.91 Å². The standard InChI is InChI=1S/C16H19NO2S/c1-12(15-9-6-10-20-15)17(2)16(18)11-13-7-4-5-8-14(13)19-3/h4-10,12H,11H2,1-3H3. The largest absolute Gasteiger partial charge is 0.496 e. The minimum Gasteiger partial charge on any atom is -0.496 e. The third kappa shape index (κ3) is 3.20. The van der Waals surface area contributed by atoms with E-state index in [0.29, 0.717) is 6.42 Å². The minimum absolute atomic E-state index is 0.0930. The van der Waals surface area contributed by atoms with Gasteiger partial charge in [-0.1, -0.05) is 24.3 Å². The summed E-state index contributed by atoms with van der Waals surface area (Å²) in [5.41, 5.74) is 0.922. The maximum Gasteiger partial charge on any atom is 0.227 e. The molecular formula is C16H19NO2S. The highest BCUT2D eigenvalue weighted by atomic mass is 32.1. The van der Waals surface area contributed by atoms with Crippen molar-refractivity contribution in [1.29, 1.82) is 0 Å². The number of amides is 1. The SMILES string of the molecule is COc1ccccc1CC(=O)N(C)C(C)c1cccs1. The summed E-state index contributed by atoms with van der Waals surface area (Å²) in [7, 11) is 3.48. The van der Waals surface area contributed by atoms with Crippen molar-refractivity contribution >= 4 is 17.2 Å². The summed E-state index contributed by atoms with van der Waals surface area (Å²) >= 11 is 1.67. The van der Waals surface area contributed by atoms with Gasteiger partial charge in [0.05, 0.1) is 19.6 Å². The summed E-state index contributed by atoms with van der Waals surface area (Å²) in [6, 6.07) is 11.8. The Hall–Kier alpha value is -1.81. The number of ether oxygens (including phenoxy) is 1. The summed E-state index contributed by atoms with van der Waals surface area (Å²) in [5, 5.41) is 2.03. The van der Waals surface area contributed by atoms with Crippen molar-refractivity contribution in [3.63, 3.8) is 0 Å². The predicted molar refractivity (Wildman–Crippen MR) is 82.2 cm³/mol. The molecule has 2 aromatic rings. The van der Waals surface area contributed by atoms with Crippen LogP contribution in [0.2, 0.25) is 0 Å². The average molecular weight is 289 g/mol. The third-order valence-electron chi connectivity index (χ3n) is 3.46. The van der Waals surface area contributed by atoms with E-state index in [1.807, 2.05) is 49.7 Å². The van der Waals surface area contributed by atoms with Gasteiger partial charge in [0.25, 0.3) is 0 Å². The van der Waals surface area contributed by atoms with Crippen LogP contribution in [0.3, 0.4) is 0 Å². The van der Waals surface area contributed by atoms with Crippen molar-refractivity contribution in [3.05, 3.63) is 52.2 Å². The van der Waals surface area contributed by atoms with Gasteiger partial charge >= 0.3 is 0 Å². The van der Waals surface area contributed by atoms with E-state index in [1.165, 1.54) is 4.88 Å². The molecule has 2 rings (SSSR count). The predicted octanol–water partition coefficient (Wildman–Crippen LogP) is 3.52. The quantitative estimate of drug-likeness (QED) is 0.843. The number of likely N-dealkylation sites (N-methyl/N-ethyl adjacent to an activating group) is 1. The second-order valence-electron chi connectivity index (χ2n) is 4.68. The molecule has 3 nitrogen and oxygen atoms in total. The van der Waals surface area contributed by atoms with Crippen LogP contribution >= 0.6 is 11.3 Å². The second-order valence-corrected chi connectivity index (χ2v) is 5.66. The molecule has 1 aromatic carbocycles. The number of carbonyl (C=O) groups excluding carboxylic acids is 1. The molecule has 0 fully saturated rings. The molecular weight excluding hydrogens is 270 g/mol. The summed E-state index contributed by atoms with van der Waals surface area (Å²) in [5.74, 6) is 0.855. The molecule has 0 bridgehead atoms. The van der Waals surface area contributed by atoms with Crippen LogP contribution in [0.25, 0.3) is 0 Å². The lowest BCUT2D eigenvalue weighted by Crippen LogP contribution is -2.30. The molecule has 0 radical (unpaired) electrons. The third-order valence-corrected chi connectivity index (χ3v) is 4.51. The molecule has 0 aliphatic carbocycles. The first-order chi connectivity index (χ1) is 9.63. The number of hydrogen-bond acceptors (Lipinski definition) is 3.